The standard InChI is InChI=1S/C18H22N4O2S/c23-17(13-1-2-16-19-12-20-22(16)11-13)21-7-5-18(6-8-21)14-4-10-25-15(14)3-9-24-18/h4,10,12-13H,1-3,5-9,11H2. The average Bonchev–Trinajstić information content (AvgIpc) is 3.31. The van der Waals surface area contributed by atoms with Crippen molar-refractivity contribution in [1.29, 1.82) is 0 Å². The molecule has 7 heteroatoms. The number of carbonyl (C=O) groups excluding carboxylic acids is 1. The van der Waals surface area contributed by atoms with E-state index in [-0.39, 0.29) is 17.4 Å². The minimum atomic E-state index is -0.157. The molecule has 5 heterocycles. The molecule has 0 saturated carbocycles. The number of likely N-dealkylation sites (tertiary alicyclic amines) is 1. The van der Waals surface area contributed by atoms with Crippen molar-refractivity contribution in [3.05, 3.63) is 34.0 Å². The summed E-state index contributed by atoms with van der Waals surface area (Å²) in [5.74, 6) is 1.31. The van der Waals surface area contributed by atoms with Crippen LogP contribution in [-0.4, -0.2) is 45.3 Å². The van der Waals surface area contributed by atoms with E-state index in [0.29, 0.717) is 6.54 Å². The molecule has 1 saturated heterocycles. The first-order valence-electron chi connectivity index (χ1n) is 9.11. The van der Waals surface area contributed by atoms with E-state index in [1.165, 1.54) is 10.4 Å². The van der Waals surface area contributed by atoms with Crippen molar-refractivity contribution < 1.29 is 9.53 Å². The number of thiophene rings is 1. The van der Waals surface area contributed by atoms with Crippen LogP contribution in [0.1, 0.15) is 35.5 Å². The van der Waals surface area contributed by atoms with Gasteiger partial charge >= 0.3 is 0 Å². The van der Waals surface area contributed by atoms with Crippen LogP contribution >= 0.6 is 11.3 Å². The number of nitrogens with zero attached hydrogens (tertiary/aromatic N) is 4. The quantitative estimate of drug-likeness (QED) is 0.782. The van der Waals surface area contributed by atoms with Gasteiger partial charge in [-0.25, -0.2) is 9.67 Å². The lowest BCUT2D eigenvalue weighted by Gasteiger charge is -2.44. The van der Waals surface area contributed by atoms with Gasteiger partial charge in [-0.3, -0.25) is 4.79 Å². The highest BCUT2D eigenvalue weighted by Gasteiger charge is 2.43. The molecule has 0 aliphatic carbocycles. The second kappa shape index (κ2) is 5.92. The lowest BCUT2D eigenvalue weighted by atomic mass is 9.82. The molecule has 0 aromatic carbocycles. The third-order valence-corrected chi connectivity index (χ3v) is 6.96. The highest BCUT2D eigenvalue weighted by atomic mass is 32.1. The van der Waals surface area contributed by atoms with Gasteiger partial charge in [-0.1, -0.05) is 0 Å². The van der Waals surface area contributed by atoms with Crippen LogP contribution in [0.5, 0.6) is 0 Å². The van der Waals surface area contributed by atoms with Gasteiger partial charge in [0.15, 0.2) is 0 Å². The number of ether oxygens (including phenoxy) is 1. The minimum Gasteiger partial charge on any atom is -0.370 e. The molecule has 1 unspecified atom stereocenters. The molecular weight excluding hydrogens is 336 g/mol. The molecule has 2 aromatic rings. The van der Waals surface area contributed by atoms with E-state index in [9.17, 15) is 4.79 Å². The van der Waals surface area contributed by atoms with Crippen molar-refractivity contribution in [1.82, 2.24) is 19.7 Å². The van der Waals surface area contributed by atoms with E-state index in [1.54, 1.807) is 6.33 Å². The Bertz CT molecular complexity index is 791. The van der Waals surface area contributed by atoms with Crippen LogP contribution in [0, 0.1) is 5.92 Å². The summed E-state index contributed by atoms with van der Waals surface area (Å²) < 4.78 is 8.14. The van der Waals surface area contributed by atoms with Crippen LogP contribution < -0.4 is 0 Å². The number of piperidine rings is 1. The van der Waals surface area contributed by atoms with Gasteiger partial charge in [-0.15, -0.1) is 11.3 Å². The van der Waals surface area contributed by atoms with Crippen LogP contribution in [0.2, 0.25) is 0 Å². The summed E-state index contributed by atoms with van der Waals surface area (Å²) in [6.07, 6.45) is 6.15. The Morgan fingerprint density at radius 1 is 1.32 bits per heavy atom. The zero-order chi connectivity index (χ0) is 16.9. The van der Waals surface area contributed by atoms with Gasteiger partial charge in [0.25, 0.3) is 0 Å². The Morgan fingerprint density at radius 3 is 3.08 bits per heavy atom. The summed E-state index contributed by atoms with van der Waals surface area (Å²) in [4.78, 5) is 20.7. The molecule has 6 nitrogen and oxygen atoms in total. The Kier molecular flexibility index (Phi) is 3.67. The molecule has 1 spiro atoms. The topological polar surface area (TPSA) is 60.2 Å². The third-order valence-electron chi connectivity index (χ3n) is 5.98. The molecule has 1 atom stereocenters. The maximum atomic E-state index is 13.0. The van der Waals surface area contributed by atoms with Crippen molar-refractivity contribution in [2.45, 2.75) is 44.2 Å². The molecule has 0 radical (unpaired) electrons. The normalized spacial score (nSPS) is 24.8. The van der Waals surface area contributed by atoms with E-state index >= 15 is 0 Å². The number of hydrogen-bond donors (Lipinski definition) is 0. The van der Waals surface area contributed by atoms with Crippen molar-refractivity contribution in [2.75, 3.05) is 19.7 Å². The SMILES string of the molecule is O=C(C1CCc2ncnn2C1)N1CCC2(CC1)OCCc1sccc12. The second-order valence-electron chi connectivity index (χ2n) is 7.27. The number of aryl methyl sites for hydroxylation is 1. The minimum absolute atomic E-state index is 0.0345. The first kappa shape index (κ1) is 15.5. The van der Waals surface area contributed by atoms with Crippen LogP contribution in [0.4, 0.5) is 0 Å². The van der Waals surface area contributed by atoms with Crippen LogP contribution in [0.15, 0.2) is 17.8 Å². The fourth-order valence-electron chi connectivity index (χ4n) is 4.56. The van der Waals surface area contributed by atoms with Crippen LogP contribution in [0.3, 0.4) is 0 Å². The van der Waals surface area contributed by atoms with Gasteiger partial charge < -0.3 is 9.64 Å². The Labute approximate surface area is 150 Å². The molecular formula is C18H22N4O2S. The molecule has 2 aromatic heterocycles. The molecule has 132 valence electrons. The van der Waals surface area contributed by atoms with Crippen molar-refractivity contribution in [3.63, 3.8) is 0 Å². The number of fused-ring (bicyclic) bond motifs is 3. The number of hydrogen-bond acceptors (Lipinski definition) is 5. The van der Waals surface area contributed by atoms with E-state index < -0.39 is 0 Å². The molecule has 0 N–H and O–H groups in total. The lowest BCUT2D eigenvalue weighted by Crippen LogP contribution is -2.50. The smallest absolute Gasteiger partial charge is 0.227 e. The Balaban J connectivity index is 1.28. The fraction of sp³-hybridized carbons (Fsp3) is 0.611. The van der Waals surface area contributed by atoms with Gasteiger partial charge in [0, 0.05) is 30.8 Å². The van der Waals surface area contributed by atoms with E-state index in [4.69, 9.17) is 4.74 Å². The van der Waals surface area contributed by atoms with Gasteiger partial charge in [-0.05, 0) is 36.3 Å². The van der Waals surface area contributed by atoms with Crippen LogP contribution in [-0.2, 0) is 34.5 Å². The van der Waals surface area contributed by atoms with Gasteiger partial charge in [0.05, 0.1) is 24.7 Å². The van der Waals surface area contributed by atoms with E-state index in [2.05, 4.69) is 21.5 Å². The third kappa shape index (κ3) is 2.52. The average molecular weight is 358 g/mol. The van der Waals surface area contributed by atoms with Crippen LogP contribution in [0.25, 0.3) is 0 Å². The zero-order valence-corrected chi connectivity index (χ0v) is 15.0. The summed E-state index contributed by atoms with van der Waals surface area (Å²) in [5.41, 5.74) is 1.22. The molecule has 0 bridgehead atoms. The summed E-state index contributed by atoms with van der Waals surface area (Å²) in [6, 6.07) is 2.23. The second-order valence-corrected chi connectivity index (χ2v) is 8.27. The molecule has 1 fully saturated rings. The molecule has 25 heavy (non-hydrogen) atoms. The monoisotopic (exact) mass is 358 g/mol. The first-order chi connectivity index (χ1) is 12.3. The highest BCUT2D eigenvalue weighted by molar-refractivity contribution is 7.10. The van der Waals surface area contributed by atoms with Crippen molar-refractivity contribution in [3.8, 4) is 0 Å². The summed E-state index contributed by atoms with van der Waals surface area (Å²) in [7, 11) is 0. The maximum Gasteiger partial charge on any atom is 0.227 e. The largest absolute Gasteiger partial charge is 0.370 e. The van der Waals surface area contributed by atoms with E-state index in [1.807, 2.05) is 20.9 Å². The number of aromatic nitrogens is 3. The summed E-state index contributed by atoms with van der Waals surface area (Å²) in [6.45, 7) is 3.05. The first-order valence-corrected chi connectivity index (χ1v) is 9.99. The maximum absolute atomic E-state index is 13.0. The predicted molar refractivity (Wildman–Crippen MR) is 93.3 cm³/mol. The highest BCUT2D eigenvalue weighted by Crippen LogP contribution is 2.43. The fourth-order valence-corrected chi connectivity index (χ4v) is 5.51. The summed E-state index contributed by atoms with van der Waals surface area (Å²) in [5, 5.41) is 6.41. The van der Waals surface area contributed by atoms with Gasteiger partial charge in [0.1, 0.15) is 12.2 Å². The van der Waals surface area contributed by atoms with Gasteiger partial charge in [0.2, 0.25) is 5.91 Å². The van der Waals surface area contributed by atoms with Gasteiger partial charge in [-0.2, -0.15) is 5.10 Å². The Hall–Kier alpha value is -1.73. The number of rotatable bonds is 1. The van der Waals surface area contributed by atoms with Crippen molar-refractivity contribution in [2.24, 2.45) is 5.92 Å². The zero-order valence-electron chi connectivity index (χ0n) is 14.2. The lowest BCUT2D eigenvalue weighted by molar-refractivity contribution is -0.145. The summed E-state index contributed by atoms with van der Waals surface area (Å²) >= 11 is 1.84. The predicted octanol–water partition coefficient (Wildman–Crippen LogP) is 1.99. The molecule has 3 aliphatic heterocycles. The Morgan fingerprint density at radius 2 is 2.20 bits per heavy atom. The molecule has 5 rings (SSSR count). The number of carbonyl (C=O) groups is 1. The molecule has 3 aliphatic rings. The molecule has 1 amide bonds. The van der Waals surface area contributed by atoms with Crippen molar-refractivity contribution >= 4 is 17.2 Å². The number of amides is 1. The van der Waals surface area contributed by atoms with E-state index in [0.717, 1.165) is 57.6 Å².